The van der Waals surface area contributed by atoms with Gasteiger partial charge in [-0.15, -0.1) is 0 Å². The molecule has 0 N–H and O–H groups in total. The fourth-order valence-electron chi connectivity index (χ4n) is 3.21. The molecule has 0 saturated heterocycles. The molecule has 164 valence electrons. The summed E-state index contributed by atoms with van der Waals surface area (Å²) in [6, 6.07) is 10.7. The third-order valence-electron chi connectivity index (χ3n) is 4.63. The Kier molecular flexibility index (Phi) is 9.03. The lowest BCUT2D eigenvalue weighted by Crippen LogP contribution is -2.22. The van der Waals surface area contributed by atoms with Gasteiger partial charge in [0.15, 0.2) is 0 Å². The van der Waals surface area contributed by atoms with E-state index < -0.39 is 28.7 Å². The van der Waals surface area contributed by atoms with Crippen LogP contribution in [0.1, 0.15) is 36.3 Å². The van der Waals surface area contributed by atoms with Gasteiger partial charge in [-0.25, -0.2) is 4.79 Å². The van der Waals surface area contributed by atoms with Gasteiger partial charge in [0, 0.05) is 24.1 Å². The number of allylic oxidation sites excluding steroid dienone is 1. The largest absolute Gasteiger partial charge is 0.469 e. The molecule has 0 fully saturated rings. The van der Waals surface area contributed by atoms with E-state index in [1.807, 2.05) is 0 Å². The lowest BCUT2D eigenvalue weighted by atomic mass is 9.79. The van der Waals surface area contributed by atoms with Crippen molar-refractivity contribution in [3.05, 3.63) is 85.9 Å². The highest BCUT2D eigenvalue weighted by molar-refractivity contribution is 6.42. The number of rotatable bonds is 9. The molecule has 0 amide bonds. The van der Waals surface area contributed by atoms with E-state index in [0.29, 0.717) is 16.1 Å². The first kappa shape index (κ1) is 24.4. The van der Waals surface area contributed by atoms with Crippen molar-refractivity contribution in [1.82, 2.24) is 0 Å². The summed E-state index contributed by atoms with van der Waals surface area (Å²) in [4.78, 5) is 35.0. The highest BCUT2D eigenvalue weighted by Crippen LogP contribution is 2.42. The Labute approximate surface area is 189 Å². The second kappa shape index (κ2) is 11.5. The highest BCUT2D eigenvalue weighted by Gasteiger charge is 2.33. The summed E-state index contributed by atoms with van der Waals surface area (Å²) in [5.41, 5.74) is 0.978. The van der Waals surface area contributed by atoms with E-state index >= 15 is 0 Å². The Balaban J connectivity index is 2.54. The van der Waals surface area contributed by atoms with Gasteiger partial charge < -0.3 is 9.47 Å². The number of nitro groups is 1. The molecule has 0 aromatic heterocycles. The molecule has 0 spiro atoms. The summed E-state index contributed by atoms with van der Waals surface area (Å²) in [6.45, 7) is 1.93. The predicted molar refractivity (Wildman–Crippen MR) is 117 cm³/mol. The van der Waals surface area contributed by atoms with E-state index in [0.717, 1.165) is 0 Å². The molecular formula is C22H21Cl2NO6. The van der Waals surface area contributed by atoms with Crippen LogP contribution in [0.15, 0.2) is 54.6 Å². The molecule has 0 aliphatic heterocycles. The van der Waals surface area contributed by atoms with Crippen LogP contribution >= 0.6 is 23.2 Å². The maximum atomic E-state index is 12.8. The van der Waals surface area contributed by atoms with Crippen molar-refractivity contribution in [2.75, 3.05) is 13.7 Å². The van der Waals surface area contributed by atoms with Gasteiger partial charge in [0.1, 0.15) is 0 Å². The van der Waals surface area contributed by atoms with Gasteiger partial charge in [-0.1, -0.05) is 53.5 Å². The number of halogens is 2. The van der Waals surface area contributed by atoms with Crippen LogP contribution in [0.25, 0.3) is 0 Å². The SMILES string of the molecule is CCOC(=O)/C=C/CC(c1cccc(Cl)c1Cl)C(C(=O)OC)c1ccc([N+](=O)[O-])cc1. The van der Waals surface area contributed by atoms with Crippen LogP contribution in [0, 0.1) is 10.1 Å². The third kappa shape index (κ3) is 6.29. The maximum Gasteiger partial charge on any atom is 0.330 e. The predicted octanol–water partition coefficient (Wildman–Crippen LogP) is 5.45. The van der Waals surface area contributed by atoms with Gasteiger partial charge in [-0.2, -0.15) is 0 Å². The molecular weight excluding hydrogens is 445 g/mol. The van der Waals surface area contributed by atoms with Crippen LogP contribution in [0.2, 0.25) is 10.0 Å². The number of carbonyl (C=O) groups is 2. The van der Waals surface area contributed by atoms with Crippen LogP contribution in [-0.2, 0) is 19.1 Å². The number of esters is 2. The number of hydrogen-bond donors (Lipinski definition) is 0. The number of nitro benzene ring substituents is 1. The molecule has 2 aromatic carbocycles. The summed E-state index contributed by atoms with van der Waals surface area (Å²) in [5, 5.41) is 11.6. The number of ether oxygens (including phenoxy) is 2. The molecule has 0 bridgehead atoms. The summed E-state index contributed by atoms with van der Waals surface area (Å²) in [5.74, 6) is -2.48. The van der Waals surface area contributed by atoms with E-state index in [4.69, 9.17) is 32.7 Å². The van der Waals surface area contributed by atoms with Gasteiger partial charge in [-0.05, 0) is 30.5 Å². The van der Waals surface area contributed by atoms with Gasteiger partial charge in [0.25, 0.3) is 5.69 Å². The monoisotopic (exact) mass is 465 g/mol. The topological polar surface area (TPSA) is 95.7 Å². The molecule has 0 saturated carbocycles. The van der Waals surface area contributed by atoms with Gasteiger partial charge in [0.2, 0.25) is 0 Å². The Morgan fingerprint density at radius 1 is 1.16 bits per heavy atom. The molecule has 31 heavy (non-hydrogen) atoms. The zero-order valence-corrected chi connectivity index (χ0v) is 18.4. The van der Waals surface area contributed by atoms with Crippen molar-refractivity contribution >= 4 is 40.8 Å². The second-order valence-electron chi connectivity index (χ2n) is 6.49. The van der Waals surface area contributed by atoms with Crippen LogP contribution in [0.5, 0.6) is 0 Å². The van der Waals surface area contributed by atoms with Crippen LogP contribution in [0.3, 0.4) is 0 Å². The smallest absolute Gasteiger partial charge is 0.330 e. The van der Waals surface area contributed by atoms with Crippen molar-refractivity contribution in [2.45, 2.75) is 25.2 Å². The minimum Gasteiger partial charge on any atom is -0.469 e. The number of benzene rings is 2. The van der Waals surface area contributed by atoms with Crippen molar-refractivity contribution in [2.24, 2.45) is 0 Å². The average Bonchev–Trinajstić information content (AvgIpc) is 2.75. The first-order valence-electron chi connectivity index (χ1n) is 9.39. The Morgan fingerprint density at radius 2 is 1.84 bits per heavy atom. The summed E-state index contributed by atoms with van der Waals surface area (Å²) in [6.07, 6.45) is 3.09. The molecule has 7 nitrogen and oxygen atoms in total. The van der Waals surface area contributed by atoms with Gasteiger partial charge in [0.05, 0.1) is 34.6 Å². The number of carbonyl (C=O) groups excluding carboxylic acids is 2. The molecule has 2 aromatic rings. The van der Waals surface area contributed by atoms with Crippen molar-refractivity contribution < 1.29 is 24.0 Å². The molecule has 2 rings (SSSR count). The summed E-state index contributed by atoms with van der Waals surface area (Å²) < 4.78 is 9.91. The van der Waals surface area contributed by atoms with Crippen molar-refractivity contribution in [3.8, 4) is 0 Å². The van der Waals surface area contributed by atoms with Crippen molar-refractivity contribution in [3.63, 3.8) is 0 Å². The standard InChI is InChI=1S/C22H21Cl2NO6/c1-3-31-19(26)9-5-6-16(17-7-4-8-18(23)21(17)24)20(22(27)30-2)14-10-12-15(13-11-14)25(28)29/h4-5,7-13,16,20H,3,6H2,1-2H3/b9-5+. The molecule has 9 heteroatoms. The fourth-order valence-corrected chi connectivity index (χ4v) is 3.66. The van der Waals surface area contributed by atoms with Crippen molar-refractivity contribution in [1.29, 1.82) is 0 Å². The highest BCUT2D eigenvalue weighted by atomic mass is 35.5. The van der Waals surface area contributed by atoms with E-state index in [1.165, 1.54) is 37.5 Å². The molecule has 0 heterocycles. The van der Waals surface area contributed by atoms with E-state index in [-0.39, 0.29) is 23.7 Å². The Bertz CT molecular complexity index is 974. The lowest BCUT2D eigenvalue weighted by molar-refractivity contribution is -0.384. The van der Waals surface area contributed by atoms with Crippen LogP contribution in [0.4, 0.5) is 5.69 Å². The second-order valence-corrected chi connectivity index (χ2v) is 7.27. The summed E-state index contributed by atoms with van der Waals surface area (Å²) >= 11 is 12.6. The first-order chi connectivity index (χ1) is 14.8. The Hall–Kier alpha value is -2.90. The fraction of sp³-hybridized carbons (Fsp3) is 0.273. The lowest BCUT2D eigenvalue weighted by Gasteiger charge is -2.26. The third-order valence-corrected chi connectivity index (χ3v) is 5.47. The average molecular weight is 466 g/mol. The van der Waals surface area contributed by atoms with Gasteiger partial charge >= 0.3 is 11.9 Å². The van der Waals surface area contributed by atoms with E-state index in [9.17, 15) is 19.7 Å². The van der Waals surface area contributed by atoms with E-state index in [1.54, 1.807) is 31.2 Å². The molecule has 0 aliphatic carbocycles. The minimum absolute atomic E-state index is 0.105. The van der Waals surface area contributed by atoms with Crippen LogP contribution < -0.4 is 0 Å². The van der Waals surface area contributed by atoms with Crippen LogP contribution in [-0.4, -0.2) is 30.6 Å². The number of non-ortho nitro benzene ring substituents is 1. The zero-order valence-electron chi connectivity index (χ0n) is 16.9. The molecule has 2 unspecified atom stereocenters. The molecule has 2 atom stereocenters. The summed E-state index contributed by atoms with van der Waals surface area (Å²) in [7, 11) is 1.26. The molecule has 0 radical (unpaired) electrons. The number of methoxy groups -OCH3 is 1. The maximum absolute atomic E-state index is 12.8. The molecule has 0 aliphatic rings. The Morgan fingerprint density at radius 3 is 2.42 bits per heavy atom. The zero-order chi connectivity index (χ0) is 23.0. The van der Waals surface area contributed by atoms with E-state index in [2.05, 4.69) is 0 Å². The first-order valence-corrected chi connectivity index (χ1v) is 10.1. The number of hydrogen-bond acceptors (Lipinski definition) is 6. The van der Waals surface area contributed by atoms with Gasteiger partial charge in [-0.3, -0.25) is 14.9 Å². The number of nitrogens with zero attached hydrogens (tertiary/aromatic N) is 1. The normalized spacial score (nSPS) is 12.9. The quantitative estimate of drug-likeness (QED) is 0.211. The minimum atomic E-state index is -0.853.